The third-order valence-corrected chi connectivity index (χ3v) is 3.43. The summed E-state index contributed by atoms with van der Waals surface area (Å²) in [7, 11) is 0. The first-order valence-electron chi connectivity index (χ1n) is 7.96. The molecule has 0 radical (unpaired) electrons. The molecule has 0 aliphatic carbocycles. The van der Waals surface area contributed by atoms with Gasteiger partial charge in [-0.1, -0.05) is 20.8 Å². The largest absolute Gasteiger partial charge is 0.494 e. The van der Waals surface area contributed by atoms with Gasteiger partial charge in [0.15, 0.2) is 0 Å². The summed E-state index contributed by atoms with van der Waals surface area (Å²) in [5.41, 5.74) is 6.98. The Morgan fingerprint density at radius 1 is 1.14 bits per heavy atom. The lowest BCUT2D eigenvalue weighted by Crippen LogP contribution is -2.24. The van der Waals surface area contributed by atoms with Gasteiger partial charge in [0.2, 0.25) is 0 Å². The molecule has 0 atom stereocenters. The quantitative estimate of drug-likeness (QED) is 0.410. The maximum absolute atomic E-state index is 6.02. The molecule has 0 aliphatic heterocycles. The molecule has 0 bridgehead atoms. The number of nitrogens with two attached hydrogens (primary N) is 1. The van der Waals surface area contributed by atoms with Crippen LogP contribution in [0.1, 0.15) is 39.2 Å². The van der Waals surface area contributed by atoms with E-state index in [9.17, 15) is 0 Å². The van der Waals surface area contributed by atoms with Crippen LogP contribution in [0.15, 0.2) is 29.3 Å². The Labute approximate surface area is 129 Å². The fraction of sp³-hybridized carbons (Fsp3) is 0.588. The molecule has 4 nitrogen and oxygen atoms in total. The topological polar surface area (TPSA) is 50.9 Å². The summed E-state index contributed by atoms with van der Waals surface area (Å²) in [6, 6.07) is 7.83. The van der Waals surface area contributed by atoms with E-state index in [4.69, 9.17) is 10.5 Å². The van der Waals surface area contributed by atoms with E-state index in [1.807, 2.05) is 24.3 Å². The van der Waals surface area contributed by atoms with Crippen LogP contribution in [0.2, 0.25) is 0 Å². The molecule has 0 fully saturated rings. The maximum Gasteiger partial charge on any atom is 0.125 e. The van der Waals surface area contributed by atoms with Crippen LogP contribution in [-0.4, -0.2) is 43.5 Å². The summed E-state index contributed by atoms with van der Waals surface area (Å²) in [6.07, 6.45) is 2.05. The van der Waals surface area contributed by atoms with Crippen LogP contribution in [-0.2, 0) is 0 Å². The second-order valence-electron chi connectivity index (χ2n) is 5.02. The fourth-order valence-corrected chi connectivity index (χ4v) is 2.07. The number of aliphatic imine (C=N–C) groups is 1. The van der Waals surface area contributed by atoms with Crippen LogP contribution in [0.25, 0.3) is 0 Å². The maximum atomic E-state index is 6.02. The SMILES string of the molecule is CCCOc1ccc(C(N)=NCCCN(CC)CC)cc1. The van der Waals surface area contributed by atoms with Crippen LogP contribution in [0.4, 0.5) is 0 Å². The van der Waals surface area contributed by atoms with Gasteiger partial charge in [0.25, 0.3) is 0 Å². The smallest absolute Gasteiger partial charge is 0.125 e. The van der Waals surface area contributed by atoms with Gasteiger partial charge in [0.05, 0.1) is 6.61 Å². The Morgan fingerprint density at radius 2 is 1.81 bits per heavy atom. The van der Waals surface area contributed by atoms with Crippen molar-refractivity contribution >= 4 is 5.84 Å². The molecule has 2 N–H and O–H groups in total. The van der Waals surface area contributed by atoms with Gasteiger partial charge in [0.1, 0.15) is 11.6 Å². The summed E-state index contributed by atoms with van der Waals surface area (Å²) < 4.78 is 5.55. The second-order valence-corrected chi connectivity index (χ2v) is 5.02. The molecule has 0 spiro atoms. The molecular weight excluding hydrogens is 262 g/mol. The second kappa shape index (κ2) is 10.2. The highest BCUT2D eigenvalue weighted by molar-refractivity contribution is 5.97. The van der Waals surface area contributed by atoms with Crippen LogP contribution >= 0.6 is 0 Å². The van der Waals surface area contributed by atoms with Gasteiger partial charge in [-0.05, 0) is 56.7 Å². The van der Waals surface area contributed by atoms with Crippen LogP contribution < -0.4 is 10.5 Å². The highest BCUT2D eigenvalue weighted by atomic mass is 16.5. The minimum atomic E-state index is 0.608. The van der Waals surface area contributed by atoms with Crippen molar-refractivity contribution in [3.05, 3.63) is 29.8 Å². The number of nitrogens with zero attached hydrogens (tertiary/aromatic N) is 2. The zero-order chi connectivity index (χ0) is 15.5. The van der Waals surface area contributed by atoms with Gasteiger partial charge in [0, 0.05) is 12.1 Å². The number of hydrogen-bond acceptors (Lipinski definition) is 3. The third kappa shape index (κ3) is 6.63. The van der Waals surface area contributed by atoms with E-state index in [1.165, 1.54) is 0 Å². The van der Waals surface area contributed by atoms with Crippen molar-refractivity contribution in [2.75, 3.05) is 32.8 Å². The fourth-order valence-electron chi connectivity index (χ4n) is 2.07. The summed E-state index contributed by atoms with van der Waals surface area (Å²) in [4.78, 5) is 6.85. The zero-order valence-corrected chi connectivity index (χ0v) is 13.6. The van der Waals surface area contributed by atoms with E-state index >= 15 is 0 Å². The molecule has 0 heterocycles. The van der Waals surface area contributed by atoms with Crippen LogP contribution in [0.5, 0.6) is 5.75 Å². The molecule has 0 saturated heterocycles. The Bertz CT molecular complexity index is 411. The van der Waals surface area contributed by atoms with E-state index in [-0.39, 0.29) is 0 Å². The Kier molecular flexibility index (Phi) is 8.51. The highest BCUT2D eigenvalue weighted by Crippen LogP contribution is 2.12. The molecule has 0 unspecified atom stereocenters. The minimum Gasteiger partial charge on any atom is -0.494 e. The molecule has 1 aromatic carbocycles. The zero-order valence-electron chi connectivity index (χ0n) is 13.6. The van der Waals surface area contributed by atoms with Crippen molar-refractivity contribution in [1.82, 2.24) is 4.90 Å². The predicted molar refractivity (Wildman–Crippen MR) is 90.2 cm³/mol. The van der Waals surface area contributed by atoms with Crippen molar-refractivity contribution in [2.24, 2.45) is 10.7 Å². The molecule has 0 amide bonds. The van der Waals surface area contributed by atoms with Gasteiger partial charge in [-0.15, -0.1) is 0 Å². The number of rotatable bonds is 10. The minimum absolute atomic E-state index is 0.608. The first-order chi connectivity index (χ1) is 10.2. The molecular formula is C17H29N3O. The standard InChI is InChI=1S/C17H29N3O/c1-4-14-21-16-10-8-15(9-11-16)17(18)19-12-7-13-20(5-2)6-3/h8-11H,4-7,12-14H2,1-3H3,(H2,18,19). The van der Waals surface area contributed by atoms with E-state index < -0.39 is 0 Å². The summed E-state index contributed by atoms with van der Waals surface area (Å²) in [5, 5.41) is 0. The van der Waals surface area contributed by atoms with Gasteiger partial charge < -0.3 is 15.4 Å². The number of hydrogen-bond donors (Lipinski definition) is 1. The average molecular weight is 291 g/mol. The third-order valence-electron chi connectivity index (χ3n) is 3.43. The van der Waals surface area contributed by atoms with E-state index in [0.29, 0.717) is 5.84 Å². The Hall–Kier alpha value is -1.55. The van der Waals surface area contributed by atoms with E-state index in [1.54, 1.807) is 0 Å². The molecule has 1 rings (SSSR count). The Balaban J connectivity index is 2.43. The average Bonchev–Trinajstić information content (AvgIpc) is 2.53. The molecule has 1 aromatic rings. The van der Waals surface area contributed by atoms with E-state index in [2.05, 4.69) is 30.7 Å². The summed E-state index contributed by atoms with van der Waals surface area (Å²) >= 11 is 0. The van der Waals surface area contributed by atoms with Crippen molar-refractivity contribution < 1.29 is 4.74 Å². The lowest BCUT2D eigenvalue weighted by Gasteiger charge is -2.16. The first kappa shape index (κ1) is 17.5. The number of benzene rings is 1. The number of amidine groups is 1. The van der Waals surface area contributed by atoms with Crippen molar-refractivity contribution in [3.63, 3.8) is 0 Å². The van der Waals surface area contributed by atoms with Gasteiger partial charge in [-0.3, -0.25) is 4.99 Å². The molecule has 0 saturated carbocycles. The first-order valence-corrected chi connectivity index (χ1v) is 7.96. The van der Waals surface area contributed by atoms with Crippen LogP contribution in [0.3, 0.4) is 0 Å². The molecule has 21 heavy (non-hydrogen) atoms. The molecule has 118 valence electrons. The highest BCUT2D eigenvalue weighted by Gasteiger charge is 2.01. The van der Waals surface area contributed by atoms with Gasteiger partial charge >= 0.3 is 0 Å². The van der Waals surface area contributed by atoms with Gasteiger partial charge in [-0.25, -0.2) is 0 Å². The summed E-state index contributed by atoms with van der Waals surface area (Å²) in [6.45, 7) is 11.2. The summed E-state index contributed by atoms with van der Waals surface area (Å²) in [5.74, 6) is 1.49. The van der Waals surface area contributed by atoms with E-state index in [0.717, 1.165) is 56.9 Å². The number of ether oxygens (including phenoxy) is 1. The molecule has 4 heteroatoms. The van der Waals surface area contributed by atoms with Crippen LogP contribution in [0, 0.1) is 0 Å². The lowest BCUT2D eigenvalue weighted by atomic mass is 10.2. The van der Waals surface area contributed by atoms with Crippen molar-refractivity contribution in [2.45, 2.75) is 33.6 Å². The normalized spacial score (nSPS) is 11.9. The van der Waals surface area contributed by atoms with Crippen molar-refractivity contribution in [3.8, 4) is 5.75 Å². The van der Waals surface area contributed by atoms with Crippen molar-refractivity contribution in [1.29, 1.82) is 0 Å². The van der Waals surface area contributed by atoms with Gasteiger partial charge in [-0.2, -0.15) is 0 Å². The molecule has 0 aliphatic rings. The predicted octanol–water partition coefficient (Wildman–Crippen LogP) is 2.91. The monoisotopic (exact) mass is 291 g/mol. The lowest BCUT2D eigenvalue weighted by molar-refractivity contribution is 0.302. The molecule has 0 aromatic heterocycles. The Morgan fingerprint density at radius 3 is 2.38 bits per heavy atom.